The summed E-state index contributed by atoms with van der Waals surface area (Å²) < 4.78 is 20.0. The van der Waals surface area contributed by atoms with Crippen LogP contribution in [0.25, 0.3) is 5.65 Å². The number of amides is 2. The first-order valence-electron chi connectivity index (χ1n) is 15.1. The molecule has 0 unspecified atom stereocenters. The Labute approximate surface area is 256 Å². The van der Waals surface area contributed by atoms with Gasteiger partial charge in [0.1, 0.15) is 28.5 Å². The Hall–Kier alpha value is -3.97. The second kappa shape index (κ2) is 12.6. The molecule has 2 fully saturated rings. The van der Waals surface area contributed by atoms with E-state index in [0.717, 1.165) is 32.1 Å². The van der Waals surface area contributed by atoms with Crippen molar-refractivity contribution in [3.63, 3.8) is 0 Å². The van der Waals surface area contributed by atoms with Crippen molar-refractivity contribution >= 4 is 35.0 Å². The third kappa shape index (κ3) is 6.88. The van der Waals surface area contributed by atoms with Gasteiger partial charge >= 0.3 is 6.09 Å². The molecule has 1 aliphatic heterocycles. The van der Waals surface area contributed by atoms with Gasteiger partial charge in [0.15, 0.2) is 5.65 Å². The molecule has 3 atom stereocenters. The Morgan fingerprint density at radius 1 is 1.23 bits per heavy atom. The monoisotopic (exact) mass is 609 g/mol. The molecule has 0 aromatic carbocycles. The molecule has 44 heavy (non-hydrogen) atoms. The number of nitrogens with one attached hydrogen (secondary N) is 2. The van der Waals surface area contributed by atoms with Crippen molar-refractivity contribution in [3.8, 4) is 0 Å². The van der Waals surface area contributed by atoms with E-state index in [-0.39, 0.29) is 46.2 Å². The zero-order valence-corrected chi connectivity index (χ0v) is 26.4. The lowest BCUT2D eigenvalue weighted by molar-refractivity contribution is -0.0314. The highest BCUT2D eigenvalue weighted by Gasteiger charge is 2.33. The van der Waals surface area contributed by atoms with E-state index in [1.54, 1.807) is 63.9 Å². The van der Waals surface area contributed by atoms with Gasteiger partial charge in [-0.25, -0.2) is 9.78 Å². The van der Waals surface area contributed by atoms with E-state index < -0.39 is 11.7 Å². The van der Waals surface area contributed by atoms with Crippen molar-refractivity contribution in [3.05, 3.63) is 46.5 Å². The van der Waals surface area contributed by atoms with Crippen LogP contribution in [-0.4, -0.2) is 75.8 Å². The van der Waals surface area contributed by atoms with Gasteiger partial charge < -0.3 is 29.4 Å². The summed E-state index contributed by atoms with van der Waals surface area (Å²) in [5, 5.41) is 10.7. The molecule has 0 spiro atoms. The van der Waals surface area contributed by atoms with Crippen molar-refractivity contribution < 1.29 is 23.8 Å². The number of rotatable bonds is 7. The summed E-state index contributed by atoms with van der Waals surface area (Å²) in [6.07, 6.45) is 7.69. The topological polar surface area (TPSA) is 141 Å². The quantitative estimate of drug-likeness (QED) is 0.398. The van der Waals surface area contributed by atoms with Crippen LogP contribution in [0, 0.1) is 0 Å². The fourth-order valence-electron chi connectivity index (χ4n) is 5.83. The van der Waals surface area contributed by atoms with Gasteiger partial charge in [-0.15, -0.1) is 0 Å². The first-order valence-corrected chi connectivity index (χ1v) is 15.1. The van der Waals surface area contributed by atoms with E-state index >= 15 is 0 Å². The maximum Gasteiger partial charge on any atom is 0.415 e. The molecule has 5 rings (SSSR count). The number of hydrogen-bond acceptors (Lipinski definition) is 9. The number of pyridine rings is 1. The SMILES string of the molecule is CO[C@@]1(C)CCC[C@H](NC(=O)c2cnn3c(N(C)C(=O)OC(C)(C)C)cc(Nc4cccn([C@H]5CCCOC5)c4=O)nc23)C1. The number of nitrogens with zero attached hydrogens (tertiary/aromatic N) is 5. The van der Waals surface area contributed by atoms with Crippen molar-refractivity contribution in [1.82, 2.24) is 24.5 Å². The van der Waals surface area contributed by atoms with Crippen LogP contribution in [0.3, 0.4) is 0 Å². The number of fused-ring (bicyclic) bond motifs is 1. The van der Waals surface area contributed by atoms with Crippen LogP contribution in [0.4, 0.5) is 22.1 Å². The minimum absolute atomic E-state index is 0.0628. The molecule has 13 heteroatoms. The third-order valence-electron chi connectivity index (χ3n) is 8.24. The molecule has 3 aromatic heterocycles. The summed E-state index contributed by atoms with van der Waals surface area (Å²) >= 11 is 0. The van der Waals surface area contributed by atoms with Gasteiger partial charge in [0.25, 0.3) is 11.5 Å². The van der Waals surface area contributed by atoms with Crippen LogP contribution in [-0.2, 0) is 14.2 Å². The summed E-state index contributed by atoms with van der Waals surface area (Å²) in [5.41, 5.74) is -0.504. The molecule has 1 saturated carbocycles. The summed E-state index contributed by atoms with van der Waals surface area (Å²) in [4.78, 5) is 46.2. The largest absolute Gasteiger partial charge is 0.443 e. The highest BCUT2D eigenvalue weighted by atomic mass is 16.6. The molecule has 13 nitrogen and oxygen atoms in total. The molecule has 1 saturated heterocycles. The highest BCUT2D eigenvalue weighted by molar-refractivity contribution is 6.00. The van der Waals surface area contributed by atoms with E-state index in [0.29, 0.717) is 31.1 Å². The second-order valence-corrected chi connectivity index (χ2v) is 12.9. The summed E-state index contributed by atoms with van der Waals surface area (Å²) in [6.45, 7) is 8.55. The lowest BCUT2D eigenvalue weighted by Crippen LogP contribution is -2.45. The zero-order valence-electron chi connectivity index (χ0n) is 26.4. The van der Waals surface area contributed by atoms with Gasteiger partial charge in [-0.05, 0) is 78.4 Å². The van der Waals surface area contributed by atoms with E-state index in [9.17, 15) is 14.4 Å². The van der Waals surface area contributed by atoms with Gasteiger partial charge in [-0.1, -0.05) is 0 Å². The summed E-state index contributed by atoms with van der Waals surface area (Å²) in [5.74, 6) is 0.226. The average Bonchev–Trinajstić information content (AvgIpc) is 3.41. The molecular formula is C31H43N7O6. The van der Waals surface area contributed by atoms with Crippen LogP contribution >= 0.6 is 0 Å². The van der Waals surface area contributed by atoms with Crippen LogP contribution in [0.5, 0.6) is 0 Å². The Balaban J connectivity index is 1.51. The highest BCUT2D eigenvalue weighted by Crippen LogP contribution is 2.31. The second-order valence-electron chi connectivity index (χ2n) is 12.9. The normalized spacial score (nSPS) is 22.4. The molecule has 238 valence electrons. The lowest BCUT2D eigenvalue weighted by Gasteiger charge is -2.37. The maximum atomic E-state index is 13.6. The first kappa shape index (κ1) is 31.5. The molecule has 2 N–H and O–H groups in total. The van der Waals surface area contributed by atoms with Crippen LogP contribution in [0.15, 0.2) is 35.4 Å². The van der Waals surface area contributed by atoms with Crippen molar-refractivity contribution in [2.75, 3.05) is 37.6 Å². The van der Waals surface area contributed by atoms with Gasteiger partial charge in [-0.3, -0.25) is 14.5 Å². The molecule has 0 radical (unpaired) electrons. The van der Waals surface area contributed by atoms with E-state index in [2.05, 4.69) is 22.7 Å². The van der Waals surface area contributed by atoms with Gasteiger partial charge in [0.05, 0.1) is 24.4 Å². The van der Waals surface area contributed by atoms with Gasteiger partial charge in [0.2, 0.25) is 0 Å². The number of carbonyl (C=O) groups is 2. The smallest absolute Gasteiger partial charge is 0.415 e. The first-order chi connectivity index (χ1) is 20.9. The molecule has 2 amide bonds. The molecular weight excluding hydrogens is 566 g/mol. The molecule has 1 aliphatic carbocycles. The van der Waals surface area contributed by atoms with Gasteiger partial charge in [0, 0.05) is 39.1 Å². The van der Waals surface area contributed by atoms with E-state index in [1.165, 1.54) is 15.6 Å². The minimum Gasteiger partial charge on any atom is -0.443 e. The molecule has 2 aliphatic rings. The minimum atomic E-state index is -0.734. The number of hydrogen-bond donors (Lipinski definition) is 2. The number of aromatic nitrogens is 4. The summed E-state index contributed by atoms with van der Waals surface area (Å²) in [7, 11) is 3.25. The Kier molecular flexibility index (Phi) is 8.98. The Morgan fingerprint density at radius 3 is 2.73 bits per heavy atom. The Morgan fingerprint density at radius 2 is 2.02 bits per heavy atom. The fourth-order valence-corrected chi connectivity index (χ4v) is 5.83. The van der Waals surface area contributed by atoms with E-state index in [1.807, 2.05) is 0 Å². The average molecular weight is 610 g/mol. The number of ether oxygens (including phenoxy) is 3. The molecule has 0 bridgehead atoms. The standard InChI is InChI=1S/C31H43N7O6/c1-30(2,3)44-29(41)36(5)25-16-24(34-23-12-8-14-37(28(23)40)21-11-9-15-43-19-21)35-26-22(18-32-38(25)26)27(39)33-20-10-7-13-31(4,17-20)42-6/h8,12,14,16,18,20-21H,7,9-11,13,15,17,19H2,1-6H3,(H,33,39)(H,34,35)/t20-,21-,31-/m0/s1. The molecule has 3 aromatic rings. The fraction of sp³-hybridized carbons (Fsp3) is 0.581. The van der Waals surface area contributed by atoms with Crippen LogP contribution in [0.2, 0.25) is 0 Å². The number of anilines is 3. The van der Waals surface area contributed by atoms with E-state index in [4.69, 9.17) is 19.2 Å². The third-order valence-corrected chi connectivity index (χ3v) is 8.24. The zero-order chi connectivity index (χ0) is 31.6. The lowest BCUT2D eigenvalue weighted by atomic mass is 9.83. The Bertz CT molecular complexity index is 1570. The van der Waals surface area contributed by atoms with Crippen molar-refractivity contribution in [2.45, 2.75) is 89.5 Å². The predicted octanol–water partition coefficient (Wildman–Crippen LogP) is 4.43. The molecule has 4 heterocycles. The van der Waals surface area contributed by atoms with Crippen LogP contribution in [0.1, 0.15) is 82.6 Å². The van der Waals surface area contributed by atoms with Gasteiger partial charge in [-0.2, -0.15) is 9.61 Å². The van der Waals surface area contributed by atoms with Crippen molar-refractivity contribution in [2.24, 2.45) is 0 Å². The number of methoxy groups -OCH3 is 1. The van der Waals surface area contributed by atoms with Crippen LogP contribution < -0.4 is 21.1 Å². The van der Waals surface area contributed by atoms with Crippen molar-refractivity contribution in [1.29, 1.82) is 0 Å². The maximum absolute atomic E-state index is 13.6. The number of carbonyl (C=O) groups excluding carboxylic acids is 2. The predicted molar refractivity (Wildman–Crippen MR) is 166 cm³/mol. The summed E-state index contributed by atoms with van der Waals surface area (Å²) in [6, 6.07) is 4.92.